The van der Waals surface area contributed by atoms with Gasteiger partial charge in [0, 0.05) is 13.1 Å². The highest BCUT2D eigenvalue weighted by Crippen LogP contribution is 2.36. The molecule has 6 nitrogen and oxygen atoms in total. The Kier molecular flexibility index (Phi) is 6.30. The third-order valence-electron chi connectivity index (χ3n) is 4.85. The smallest absolute Gasteiger partial charge is 0.161 e. The van der Waals surface area contributed by atoms with Crippen LogP contribution < -0.4 is 9.47 Å². The molecule has 1 N–H and O–H groups in total. The standard InChI is InChI=1S/C21H24N2O4/c1-25-18-8-7-17(11-19(18)26-2)21-20(14-24)27-10-9-23(21)13-16-5-3-15(12-22)4-6-16/h3-8,11,20-21,24H,9-10,13-14H2,1-2H3/t20-,21-/m1/s1. The molecule has 6 heteroatoms. The molecule has 2 aromatic rings. The monoisotopic (exact) mass is 368 g/mol. The number of aliphatic hydroxyl groups is 1. The summed E-state index contributed by atoms with van der Waals surface area (Å²) in [7, 11) is 3.21. The van der Waals surface area contributed by atoms with Gasteiger partial charge in [0.1, 0.15) is 6.10 Å². The zero-order valence-corrected chi connectivity index (χ0v) is 15.6. The highest BCUT2D eigenvalue weighted by Gasteiger charge is 2.33. The fraction of sp³-hybridized carbons (Fsp3) is 0.381. The van der Waals surface area contributed by atoms with E-state index in [0.29, 0.717) is 30.2 Å². The molecule has 0 aromatic heterocycles. The highest BCUT2D eigenvalue weighted by atomic mass is 16.5. The van der Waals surface area contributed by atoms with E-state index in [1.54, 1.807) is 14.2 Å². The van der Waals surface area contributed by atoms with Crippen molar-refractivity contribution in [3.05, 3.63) is 59.2 Å². The van der Waals surface area contributed by atoms with Gasteiger partial charge in [0.2, 0.25) is 0 Å². The van der Waals surface area contributed by atoms with Crippen molar-refractivity contribution in [2.24, 2.45) is 0 Å². The molecule has 27 heavy (non-hydrogen) atoms. The number of aliphatic hydroxyl groups excluding tert-OH is 1. The number of hydrogen-bond acceptors (Lipinski definition) is 6. The third kappa shape index (κ3) is 4.22. The Morgan fingerprint density at radius 1 is 1.15 bits per heavy atom. The van der Waals surface area contributed by atoms with Gasteiger partial charge in [0.15, 0.2) is 11.5 Å². The summed E-state index contributed by atoms with van der Waals surface area (Å²) in [5.41, 5.74) is 2.75. The molecule has 0 amide bonds. The second-order valence-corrected chi connectivity index (χ2v) is 6.43. The summed E-state index contributed by atoms with van der Waals surface area (Å²) in [4.78, 5) is 2.28. The molecule has 0 unspecified atom stereocenters. The zero-order chi connectivity index (χ0) is 19.2. The summed E-state index contributed by atoms with van der Waals surface area (Å²) in [5, 5.41) is 18.8. The molecule has 0 radical (unpaired) electrons. The van der Waals surface area contributed by atoms with Gasteiger partial charge >= 0.3 is 0 Å². The first-order valence-corrected chi connectivity index (χ1v) is 8.87. The van der Waals surface area contributed by atoms with Gasteiger partial charge in [-0.15, -0.1) is 0 Å². The minimum Gasteiger partial charge on any atom is -0.493 e. The molecule has 2 aromatic carbocycles. The van der Waals surface area contributed by atoms with Crippen molar-refractivity contribution in [2.75, 3.05) is 34.0 Å². The van der Waals surface area contributed by atoms with Gasteiger partial charge in [-0.05, 0) is 35.4 Å². The summed E-state index contributed by atoms with van der Waals surface area (Å²) in [6.45, 7) is 1.94. The van der Waals surface area contributed by atoms with Crippen molar-refractivity contribution in [2.45, 2.75) is 18.7 Å². The predicted molar refractivity (Wildman–Crippen MR) is 101 cm³/mol. The van der Waals surface area contributed by atoms with Crippen molar-refractivity contribution >= 4 is 0 Å². The van der Waals surface area contributed by atoms with Crippen molar-refractivity contribution < 1.29 is 19.3 Å². The van der Waals surface area contributed by atoms with E-state index in [9.17, 15) is 5.11 Å². The van der Waals surface area contributed by atoms with Gasteiger partial charge in [0.25, 0.3) is 0 Å². The number of methoxy groups -OCH3 is 2. The van der Waals surface area contributed by atoms with Crippen LogP contribution in [0.2, 0.25) is 0 Å². The summed E-state index contributed by atoms with van der Waals surface area (Å²) in [6, 6.07) is 15.4. The van der Waals surface area contributed by atoms with E-state index in [-0.39, 0.29) is 18.8 Å². The lowest BCUT2D eigenvalue weighted by Crippen LogP contribution is -2.46. The van der Waals surface area contributed by atoms with Crippen LogP contribution in [0, 0.1) is 11.3 Å². The molecule has 0 aliphatic carbocycles. The first kappa shape index (κ1) is 19.2. The molecular formula is C21H24N2O4. The molecular weight excluding hydrogens is 344 g/mol. The second kappa shape index (κ2) is 8.87. The van der Waals surface area contributed by atoms with E-state index in [2.05, 4.69) is 11.0 Å². The lowest BCUT2D eigenvalue weighted by atomic mass is 9.97. The molecule has 2 atom stereocenters. The normalized spacial score (nSPS) is 20.1. The molecule has 1 fully saturated rings. The Labute approximate surface area is 159 Å². The maximum absolute atomic E-state index is 9.86. The van der Waals surface area contributed by atoms with E-state index in [1.165, 1.54) is 0 Å². The molecule has 3 rings (SSSR count). The number of morpholine rings is 1. The molecule has 1 aliphatic rings. The average Bonchev–Trinajstić information content (AvgIpc) is 2.73. The minimum absolute atomic E-state index is 0.0666. The lowest BCUT2D eigenvalue weighted by Gasteiger charge is -2.41. The Bertz CT molecular complexity index is 801. The molecule has 0 spiro atoms. The molecule has 1 saturated heterocycles. The third-order valence-corrected chi connectivity index (χ3v) is 4.85. The molecule has 1 heterocycles. The van der Waals surface area contributed by atoms with Gasteiger partial charge in [0.05, 0.1) is 45.1 Å². The molecule has 0 saturated carbocycles. The van der Waals surface area contributed by atoms with Gasteiger partial charge in [-0.1, -0.05) is 18.2 Å². The largest absolute Gasteiger partial charge is 0.493 e. The molecule has 0 bridgehead atoms. The Balaban J connectivity index is 1.90. The summed E-state index contributed by atoms with van der Waals surface area (Å²) in [6.07, 6.45) is -0.324. The van der Waals surface area contributed by atoms with E-state index < -0.39 is 0 Å². The van der Waals surface area contributed by atoms with E-state index >= 15 is 0 Å². The maximum Gasteiger partial charge on any atom is 0.161 e. The first-order chi connectivity index (χ1) is 13.2. The summed E-state index contributed by atoms with van der Waals surface area (Å²) < 4.78 is 16.6. The van der Waals surface area contributed by atoms with E-state index in [4.69, 9.17) is 19.5 Å². The fourth-order valence-corrected chi connectivity index (χ4v) is 3.50. The molecule has 1 aliphatic heterocycles. The van der Waals surface area contributed by atoms with Crippen molar-refractivity contribution in [3.8, 4) is 17.6 Å². The minimum atomic E-state index is -0.324. The average molecular weight is 368 g/mol. The van der Waals surface area contributed by atoms with E-state index in [1.807, 2.05) is 42.5 Å². The second-order valence-electron chi connectivity index (χ2n) is 6.43. The van der Waals surface area contributed by atoms with Crippen LogP contribution in [0.15, 0.2) is 42.5 Å². The van der Waals surface area contributed by atoms with Crippen LogP contribution >= 0.6 is 0 Å². The first-order valence-electron chi connectivity index (χ1n) is 8.87. The van der Waals surface area contributed by atoms with Crippen LogP contribution in [0.25, 0.3) is 0 Å². The van der Waals surface area contributed by atoms with Crippen LogP contribution in [0.3, 0.4) is 0 Å². The maximum atomic E-state index is 9.86. The number of rotatable bonds is 6. The van der Waals surface area contributed by atoms with Gasteiger partial charge in [-0.25, -0.2) is 0 Å². The van der Waals surface area contributed by atoms with E-state index in [0.717, 1.165) is 17.7 Å². The van der Waals surface area contributed by atoms with Crippen LogP contribution in [-0.2, 0) is 11.3 Å². The van der Waals surface area contributed by atoms with Crippen molar-refractivity contribution in [3.63, 3.8) is 0 Å². The number of ether oxygens (including phenoxy) is 3. The van der Waals surface area contributed by atoms with Crippen LogP contribution in [0.1, 0.15) is 22.7 Å². The Morgan fingerprint density at radius 2 is 1.89 bits per heavy atom. The number of hydrogen-bond donors (Lipinski definition) is 1. The van der Waals surface area contributed by atoms with Crippen LogP contribution in [-0.4, -0.2) is 50.1 Å². The van der Waals surface area contributed by atoms with Gasteiger partial charge in [-0.3, -0.25) is 4.90 Å². The number of nitriles is 1. The Morgan fingerprint density at radius 3 is 2.52 bits per heavy atom. The summed E-state index contributed by atoms with van der Waals surface area (Å²) in [5.74, 6) is 1.31. The number of benzene rings is 2. The summed E-state index contributed by atoms with van der Waals surface area (Å²) >= 11 is 0. The topological polar surface area (TPSA) is 75.0 Å². The van der Waals surface area contributed by atoms with Crippen LogP contribution in [0.5, 0.6) is 11.5 Å². The van der Waals surface area contributed by atoms with Crippen molar-refractivity contribution in [1.29, 1.82) is 5.26 Å². The van der Waals surface area contributed by atoms with Gasteiger partial charge in [-0.2, -0.15) is 5.26 Å². The fourth-order valence-electron chi connectivity index (χ4n) is 3.50. The Hall–Kier alpha value is -2.59. The number of nitrogens with zero attached hydrogens (tertiary/aromatic N) is 2. The van der Waals surface area contributed by atoms with Gasteiger partial charge < -0.3 is 19.3 Å². The van der Waals surface area contributed by atoms with Crippen LogP contribution in [0.4, 0.5) is 0 Å². The quantitative estimate of drug-likeness (QED) is 0.844. The SMILES string of the molecule is COc1ccc([C@@H]2[C@@H](CO)OCCN2Cc2ccc(C#N)cc2)cc1OC. The zero-order valence-electron chi connectivity index (χ0n) is 15.6. The molecule has 142 valence electrons. The lowest BCUT2D eigenvalue weighted by molar-refractivity contribution is -0.0961. The highest BCUT2D eigenvalue weighted by molar-refractivity contribution is 5.44. The predicted octanol–water partition coefficient (Wildman–Crippen LogP) is 2.51. The van der Waals surface area contributed by atoms with Crippen molar-refractivity contribution in [1.82, 2.24) is 4.90 Å².